The lowest BCUT2D eigenvalue weighted by molar-refractivity contribution is -0.109. The molecule has 0 aromatic rings. The molecule has 11 aliphatic carbocycles. The van der Waals surface area contributed by atoms with Gasteiger partial charge in [0.2, 0.25) is 0 Å². The summed E-state index contributed by atoms with van der Waals surface area (Å²) >= 11 is 0. The van der Waals surface area contributed by atoms with Gasteiger partial charge in [-0.1, -0.05) is 86.1 Å². The maximum atomic E-state index is 3.06. The molecule has 0 spiro atoms. The second-order valence-corrected chi connectivity index (χ2v) is 18.5. The van der Waals surface area contributed by atoms with E-state index in [1.54, 1.807) is 78.4 Å². The summed E-state index contributed by atoms with van der Waals surface area (Å²) in [5.41, 5.74) is 11.8. The molecule has 0 heteroatoms. The number of rotatable bonds is 3. The lowest BCUT2D eigenvalue weighted by Gasteiger charge is -2.60. The van der Waals surface area contributed by atoms with E-state index in [4.69, 9.17) is 0 Å². The monoisotopic (exact) mass is 634 g/mol. The van der Waals surface area contributed by atoms with Gasteiger partial charge in [0.05, 0.1) is 0 Å². The van der Waals surface area contributed by atoms with E-state index in [1.165, 1.54) is 64.2 Å². The van der Waals surface area contributed by atoms with Crippen molar-refractivity contribution in [2.75, 3.05) is 0 Å². The van der Waals surface area contributed by atoms with E-state index < -0.39 is 0 Å². The molecular formula is C48H58. The second-order valence-electron chi connectivity index (χ2n) is 18.5. The summed E-state index contributed by atoms with van der Waals surface area (Å²) in [5.74, 6) is 12.3. The largest absolute Gasteiger partial charge is 0.0842 e. The molecule has 0 nitrogen and oxygen atoms in total. The Morgan fingerprint density at radius 1 is 0.583 bits per heavy atom. The number of hydrogen-bond donors (Lipinski definition) is 0. The van der Waals surface area contributed by atoms with Crippen LogP contribution in [-0.2, 0) is 0 Å². The fourth-order valence-corrected chi connectivity index (χ4v) is 15.5. The van der Waals surface area contributed by atoms with Crippen LogP contribution in [0, 0.1) is 76.9 Å². The third-order valence-corrected chi connectivity index (χ3v) is 16.9. The molecule has 0 radical (unpaired) electrons. The van der Waals surface area contributed by atoms with Gasteiger partial charge in [-0.2, -0.15) is 0 Å². The van der Waals surface area contributed by atoms with Crippen LogP contribution in [0.3, 0.4) is 0 Å². The molecule has 48 heavy (non-hydrogen) atoms. The summed E-state index contributed by atoms with van der Waals surface area (Å²) in [5, 5.41) is 0. The van der Waals surface area contributed by atoms with Crippen LogP contribution < -0.4 is 0 Å². The Balaban J connectivity index is 1.08. The molecule has 250 valence electrons. The normalized spacial score (nSPS) is 46.7. The van der Waals surface area contributed by atoms with Crippen molar-refractivity contribution in [2.24, 2.45) is 76.9 Å². The van der Waals surface area contributed by atoms with Gasteiger partial charge in [-0.15, -0.1) is 0 Å². The number of hydrogen-bond acceptors (Lipinski definition) is 0. The van der Waals surface area contributed by atoms with Gasteiger partial charge in [-0.3, -0.25) is 0 Å². The fourth-order valence-electron chi connectivity index (χ4n) is 15.5. The minimum Gasteiger partial charge on any atom is -0.0842 e. The van der Waals surface area contributed by atoms with E-state index in [2.05, 4.69) is 66.8 Å². The first-order valence-corrected chi connectivity index (χ1v) is 21.1. The predicted octanol–water partition coefficient (Wildman–Crippen LogP) is 12.4. The summed E-state index contributed by atoms with van der Waals surface area (Å²) in [6.45, 7) is 0. The van der Waals surface area contributed by atoms with Gasteiger partial charge in [0.1, 0.15) is 0 Å². The van der Waals surface area contributed by atoms with Crippen LogP contribution in [0.2, 0.25) is 0 Å². The van der Waals surface area contributed by atoms with E-state index in [1.807, 2.05) is 5.57 Å². The highest BCUT2D eigenvalue weighted by Gasteiger charge is 2.64. The van der Waals surface area contributed by atoms with Crippen molar-refractivity contribution >= 4 is 0 Å². The number of allylic oxidation sites excluding steroid dienone is 18. The Hall–Kier alpha value is -2.34. The SMILES string of the molecule is C1=CCCC(C2=CC3=C(C4=CCCC=C4)C4=CC5C(CC4C(C4=CCCC=C4)C3CC2)C2CCC3CCC4CCCC6CC5C2C3C46)=C1. The molecule has 0 saturated heterocycles. The predicted molar refractivity (Wildman–Crippen MR) is 199 cm³/mol. The molecule has 5 fully saturated rings. The van der Waals surface area contributed by atoms with Gasteiger partial charge in [-0.05, 0) is 206 Å². The molecule has 0 amide bonds. The van der Waals surface area contributed by atoms with Crippen molar-refractivity contribution in [3.63, 3.8) is 0 Å². The van der Waals surface area contributed by atoms with E-state index >= 15 is 0 Å². The molecule has 0 aromatic heterocycles. The zero-order chi connectivity index (χ0) is 31.3. The maximum Gasteiger partial charge on any atom is -0.00270 e. The highest BCUT2D eigenvalue weighted by Crippen LogP contribution is 2.71. The molecule has 13 unspecified atom stereocenters. The van der Waals surface area contributed by atoms with Gasteiger partial charge in [0.15, 0.2) is 0 Å². The van der Waals surface area contributed by atoms with Crippen molar-refractivity contribution in [1.29, 1.82) is 0 Å². The summed E-state index contributed by atoms with van der Waals surface area (Å²) < 4.78 is 0. The Bertz CT molecular complexity index is 1640. The molecule has 11 rings (SSSR count). The van der Waals surface area contributed by atoms with Crippen LogP contribution >= 0.6 is 0 Å². The molecular weight excluding hydrogens is 577 g/mol. The van der Waals surface area contributed by atoms with Crippen LogP contribution in [0.4, 0.5) is 0 Å². The van der Waals surface area contributed by atoms with E-state index in [-0.39, 0.29) is 0 Å². The quantitative estimate of drug-likeness (QED) is 0.290. The summed E-state index contributed by atoms with van der Waals surface area (Å²) in [7, 11) is 0. The van der Waals surface area contributed by atoms with Crippen molar-refractivity contribution < 1.29 is 0 Å². The maximum absolute atomic E-state index is 3.06. The highest BCUT2D eigenvalue weighted by atomic mass is 14.7. The van der Waals surface area contributed by atoms with E-state index in [9.17, 15) is 0 Å². The highest BCUT2D eigenvalue weighted by molar-refractivity contribution is 5.64. The fraction of sp³-hybridized carbons (Fsp3) is 0.625. The zero-order valence-corrected chi connectivity index (χ0v) is 29.4. The molecule has 13 atom stereocenters. The third-order valence-electron chi connectivity index (χ3n) is 16.9. The van der Waals surface area contributed by atoms with Crippen LogP contribution in [0.15, 0.2) is 106 Å². The second kappa shape index (κ2) is 11.6. The van der Waals surface area contributed by atoms with Crippen molar-refractivity contribution in [3.05, 3.63) is 106 Å². The summed E-state index contributed by atoms with van der Waals surface area (Å²) in [4.78, 5) is 0. The Kier molecular flexibility index (Phi) is 7.11. The summed E-state index contributed by atoms with van der Waals surface area (Å²) in [6.07, 6.45) is 52.4. The van der Waals surface area contributed by atoms with Crippen LogP contribution in [0.25, 0.3) is 0 Å². The van der Waals surface area contributed by atoms with Gasteiger partial charge >= 0.3 is 0 Å². The molecule has 0 aliphatic heterocycles. The minimum absolute atomic E-state index is 0.661. The number of fused-ring (bicyclic) bond motifs is 5. The van der Waals surface area contributed by atoms with Crippen molar-refractivity contribution in [3.8, 4) is 0 Å². The minimum atomic E-state index is 0.661. The zero-order valence-electron chi connectivity index (χ0n) is 29.4. The van der Waals surface area contributed by atoms with E-state index in [0.717, 1.165) is 59.2 Å². The molecule has 0 bridgehead atoms. The van der Waals surface area contributed by atoms with Crippen LogP contribution in [0.5, 0.6) is 0 Å². The molecule has 5 saturated carbocycles. The van der Waals surface area contributed by atoms with Crippen molar-refractivity contribution in [2.45, 2.75) is 109 Å². The molecule has 11 aliphatic rings. The smallest absolute Gasteiger partial charge is 0.00270 e. The van der Waals surface area contributed by atoms with E-state index in [0.29, 0.717) is 17.8 Å². The van der Waals surface area contributed by atoms with Gasteiger partial charge in [0, 0.05) is 0 Å². The molecule has 0 heterocycles. The van der Waals surface area contributed by atoms with Crippen LogP contribution in [0.1, 0.15) is 109 Å². The first-order chi connectivity index (χ1) is 23.8. The van der Waals surface area contributed by atoms with Crippen LogP contribution in [-0.4, -0.2) is 0 Å². The Labute approximate surface area is 291 Å². The topological polar surface area (TPSA) is 0 Å². The first-order valence-electron chi connectivity index (χ1n) is 21.1. The van der Waals surface area contributed by atoms with Crippen molar-refractivity contribution in [1.82, 2.24) is 0 Å². The summed E-state index contributed by atoms with van der Waals surface area (Å²) in [6, 6.07) is 0. The lowest BCUT2D eigenvalue weighted by atomic mass is 9.45. The van der Waals surface area contributed by atoms with Gasteiger partial charge in [-0.25, -0.2) is 0 Å². The standard InChI is InChI=1S/C48H58/c1-4-11-29(12-5-1)34-22-24-37-40(25-34)46(31-15-8-3-9-16-31)43-28-39-38(27-42(43)45(37)30-13-6-2-7-14-30)36-23-21-33-20-19-32-17-10-18-35-26-41(39)48(36)47(33)44(32)35/h1,4,6,8,11,13-16,25,28,32-33,35-39,41-42,44-45,47-48H,2-3,5,7,9-10,12,17-24,26-27H2. The lowest BCUT2D eigenvalue weighted by Crippen LogP contribution is -2.53. The average molecular weight is 635 g/mol. The molecule has 0 aromatic carbocycles. The first kappa shape index (κ1) is 29.4. The molecule has 0 N–H and O–H groups in total. The third kappa shape index (κ3) is 4.38. The average Bonchev–Trinajstić information content (AvgIpc) is 3.46. The Morgan fingerprint density at radius 3 is 2.27 bits per heavy atom. The van der Waals surface area contributed by atoms with Gasteiger partial charge in [0.25, 0.3) is 0 Å². The van der Waals surface area contributed by atoms with Gasteiger partial charge < -0.3 is 0 Å². The Morgan fingerprint density at radius 2 is 1.44 bits per heavy atom.